The van der Waals surface area contributed by atoms with Crippen LogP contribution >= 0.6 is 15.2 Å². The second-order valence-corrected chi connectivity index (χ2v) is 7.66. The summed E-state index contributed by atoms with van der Waals surface area (Å²) in [5.41, 5.74) is 5.17. The van der Waals surface area contributed by atoms with E-state index in [-0.39, 0.29) is 0 Å². The smallest absolute Gasteiger partial charge is 0.339 e. The first-order valence-electron chi connectivity index (χ1n) is 5.50. The van der Waals surface area contributed by atoms with E-state index in [0.717, 1.165) is 4.90 Å². The molecule has 0 radical (unpaired) electrons. The van der Waals surface area contributed by atoms with Crippen molar-refractivity contribution in [3.05, 3.63) is 0 Å². The average Bonchev–Trinajstić information content (AvgIpc) is 2.11. The number of carbonyl (C=O) groups is 1. The molecule has 11 heteroatoms. The van der Waals surface area contributed by atoms with E-state index in [4.69, 9.17) is 25.3 Å². The minimum absolute atomic E-state index is 0.393. The molecule has 0 bridgehead atoms. The van der Waals surface area contributed by atoms with Gasteiger partial charge in [-0.2, -0.15) is 0 Å². The molecule has 0 aliphatic rings. The summed E-state index contributed by atoms with van der Waals surface area (Å²) >= 11 is 0. The van der Waals surface area contributed by atoms with Crippen LogP contribution < -0.4 is 5.73 Å². The Morgan fingerprint density at radius 3 is 1.74 bits per heavy atom. The zero-order valence-electron chi connectivity index (χ0n) is 10.7. The summed E-state index contributed by atoms with van der Waals surface area (Å²) < 4.78 is 22.0. The molecule has 9 nitrogen and oxygen atoms in total. The van der Waals surface area contributed by atoms with Crippen molar-refractivity contribution in [2.45, 2.75) is 26.3 Å². The van der Waals surface area contributed by atoms with E-state index in [0.29, 0.717) is 6.42 Å². The zero-order chi connectivity index (χ0) is 15.4. The number of primary amides is 1. The van der Waals surface area contributed by atoms with Crippen LogP contribution in [0.2, 0.25) is 0 Å². The Balaban J connectivity index is 5.33. The maximum Gasteiger partial charge on any atom is 0.339 e. The largest absolute Gasteiger partial charge is 0.368 e. The van der Waals surface area contributed by atoms with Gasteiger partial charge in [-0.15, -0.1) is 0 Å². The lowest BCUT2D eigenvalue weighted by Gasteiger charge is -2.33. The average molecular weight is 318 g/mol. The number of nitrogens with zero attached hydrogens (tertiary/aromatic N) is 1. The predicted molar refractivity (Wildman–Crippen MR) is 68.1 cm³/mol. The van der Waals surface area contributed by atoms with Gasteiger partial charge in [-0.25, -0.2) is 0 Å². The second-order valence-electron chi connectivity index (χ2n) is 4.43. The van der Waals surface area contributed by atoms with Crippen molar-refractivity contribution < 1.29 is 33.5 Å². The van der Waals surface area contributed by atoms with Crippen molar-refractivity contribution in [2.24, 2.45) is 11.7 Å². The van der Waals surface area contributed by atoms with E-state index >= 15 is 0 Å². The van der Waals surface area contributed by atoms with Crippen LogP contribution in [-0.4, -0.2) is 49.0 Å². The predicted octanol–water partition coefficient (Wildman–Crippen LogP) is -0.541. The lowest BCUT2D eigenvalue weighted by Crippen LogP contribution is -2.49. The van der Waals surface area contributed by atoms with Crippen LogP contribution in [0.3, 0.4) is 0 Å². The van der Waals surface area contributed by atoms with E-state index in [9.17, 15) is 13.9 Å². The van der Waals surface area contributed by atoms with Crippen LogP contribution in [-0.2, 0) is 13.9 Å². The number of hydrogen-bond acceptors (Lipinski definition) is 4. The summed E-state index contributed by atoms with van der Waals surface area (Å²) in [4.78, 5) is 47.9. The standard InChI is InChI=1S/C8H20N2O7P2/c1-3-6(2)7(8(9)11)10(4-18(12,13)14)5-19(15,16)17/h6-7H,3-5H2,1-2H3,(H2,9,11)(H2,12,13,14)(H2,15,16,17)/t6-,7-/m0/s1. The Bertz CT molecular complexity index is 380. The van der Waals surface area contributed by atoms with E-state index in [2.05, 4.69) is 0 Å². The van der Waals surface area contributed by atoms with Gasteiger partial charge in [-0.1, -0.05) is 20.3 Å². The zero-order valence-corrected chi connectivity index (χ0v) is 12.5. The molecule has 0 spiro atoms. The van der Waals surface area contributed by atoms with Crippen LogP contribution in [0, 0.1) is 5.92 Å². The highest BCUT2D eigenvalue weighted by atomic mass is 31.2. The molecule has 0 saturated carbocycles. The fourth-order valence-electron chi connectivity index (χ4n) is 1.74. The SMILES string of the molecule is CC[C@H](C)[C@@H](C(N)=O)N(CP(=O)(O)O)CP(=O)(O)O. The van der Waals surface area contributed by atoms with Crippen LogP contribution in [0.1, 0.15) is 20.3 Å². The van der Waals surface area contributed by atoms with Crippen molar-refractivity contribution in [3.63, 3.8) is 0 Å². The van der Waals surface area contributed by atoms with Gasteiger partial charge in [0.1, 0.15) is 12.6 Å². The van der Waals surface area contributed by atoms with Crippen LogP contribution in [0.15, 0.2) is 0 Å². The lowest BCUT2D eigenvalue weighted by atomic mass is 9.98. The Morgan fingerprint density at radius 1 is 1.16 bits per heavy atom. The minimum Gasteiger partial charge on any atom is -0.368 e. The first kappa shape index (κ1) is 18.7. The molecule has 19 heavy (non-hydrogen) atoms. The van der Waals surface area contributed by atoms with Crippen molar-refractivity contribution >= 4 is 21.1 Å². The fourth-order valence-corrected chi connectivity index (χ4v) is 3.39. The number of amides is 1. The lowest BCUT2D eigenvalue weighted by molar-refractivity contribution is -0.124. The van der Waals surface area contributed by atoms with E-state index in [1.807, 2.05) is 0 Å². The number of rotatable bonds is 8. The maximum atomic E-state index is 11.4. The Hall–Kier alpha value is -0.270. The van der Waals surface area contributed by atoms with Crippen molar-refractivity contribution in [1.82, 2.24) is 4.90 Å². The Morgan fingerprint density at radius 2 is 1.53 bits per heavy atom. The molecule has 114 valence electrons. The molecular weight excluding hydrogens is 298 g/mol. The summed E-state index contributed by atoms with van der Waals surface area (Å²) in [6.45, 7) is 3.34. The molecule has 0 aliphatic carbocycles. The molecule has 0 aliphatic heterocycles. The third-order valence-corrected chi connectivity index (χ3v) is 4.06. The molecule has 1 amide bonds. The molecule has 6 N–H and O–H groups in total. The normalized spacial score (nSPS) is 16.4. The van der Waals surface area contributed by atoms with Crippen molar-refractivity contribution in [1.29, 1.82) is 0 Å². The molecule has 0 saturated heterocycles. The summed E-state index contributed by atoms with van der Waals surface area (Å²) in [6.07, 6.45) is -1.40. The first-order chi connectivity index (χ1) is 8.37. The minimum atomic E-state index is -4.58. The molecule has 0 heterocycles. The third-order valence-electron chi connectivity index (χ3n) is 2.60. The number of carbonyl (C=O) groups excluding carboxylic acids is 1. The van der Waals surface area contributed by atoms with Crippen molar-refractivity contribution in [2.75, 3.05) is 12.6 Å². The van der Waals surface area contributed by atoms with E-state index in [1.54, 1.807) is 13.8 Å². The summed E-state index contributed by atoms with van der Waals surface area (Å²) in [6, 6.07) is -1.15. The summed E-state index contributed by atoms with van der Waals surface area (Å²) in [7, 11) is -9.15. The van der Waals surface area contributed by atoms with Gasteiger partial charge in [0.2, 0.25) is 5.91 Å². The Labute approximate surface area is 111 Å². The van der Waals surface area contributed by atoms with Gasteiger partial charge in [-0.05, 0) is 5.92 Å². The topological polar surface area (TPSA) is 161 Å². The molecule has 0 aromatic heterocycles. The number of hydrogen-bond donors (Lipinski definition) is 5. The second kappa shape index (κ2) is 6.95. The maximum absolute atomic E-state index is 11.4. The van der Waals surface area contributed by atoms with Crippen molar-refractivity contribution in [3.8, 4) is 0 Å². The quantitative estimate of drug-likeness (QED) is 0.373. The summed E-state index contributed by atoms with van der Waals surface area (Å²) in [5.74, 6) is -1.27. The van der Waals surface area contributed by atoms with Crippen LogP contribution in [0.25, 0.3) is 0 Å². The molecule has 0 fully saturated rings. The highest BCUT2D eigenvalue weighted by Crippen LogP contribution is 2.42. The summed E-state index contributed by atoms with van der Waals surface area (Å²) in [5, 5.41) is 0. The van der Waals surface area contributed by atoms with Gasteiger partial charge in [0.15, 0.2) is 0 Å². The first-order valence-corrected chi connectivity index (χ1v) is 9.09. The third kappa shape index (κ3) is 7.79. The molecular formula is C8H20N2O7P2. The van der Waals surface area contributed by atoms with Gasteiger partial charge in [0, 0.05) is 0 Å². The van der Waals surface area contributed by atoms with Gasteiger partial charge in [-0.3, -0.25) is 18.8 Å². The molecule has 2 atom stereocenters. The Kier molecular flexibility index (Phi) is 6.85. The van der Waals surface area contributed by atoms with Gasteiger partial charge in [0.05, 0.1) is 6.04 Å². The molecule has 0 unspecified atom stereocenters. The van der Waals surface area contributed by atoms with Crippen LogP contribution in [0.5, 0.6) is 0 Å². The van der Waals surface area contributed by atoms with Gasteiger partial charge >= 0.3 is 15.2 Å². The molecule has 0 aromatic rings. The van der Waals surface area contributed by atoms with Gasteiger partial charge in [0.25, 0.3) is 0 Å². The van der Waals surface area contributed by atoms with Crippen LogP contribution in [0.4, 0.5) is 0 Å². The van der Waals surface area contributed by atoms with E-state index < -0.39 is 45.6 Å². The monoisotopic (exact) mass is 318 g/mol. The van der Waals surface area contributed by atoms with E-state index in [1.165, 1.54) is 0 Å². The highest BCUT2D eigenvalue weighted by molar-refractivity contribution is 7.52. The number of nitrogens with two attached hydrogens (primary N) is 1. The fraction of sp³-hybridized carbons (Fsp3) is 0.875. The molecule has 0 rings (SSSR count). The van der Waals surface area contributed by atoms with Gasteiger partial charge < -0.3 is 25.3 Å². The molecule has 0 aromatic carbocycles. The highest BCUT2D eigenvalue weighted by Gasteiger charge is 2.36.